The van der Waals surface area contributed by atoms with E-state index in [1.54, 1.807) is 0 Å². The molecule has 0 radical (unpaired) electrons. The van der Waals surface area contributed by atoms with Crippen LogP contribution in [0.5, 0.6) is 11.5 Å². The molecule has 0 aliphatic heterocycles. The maximum absolute atomic E-state index is 11.7. The normalized spacial score (nSPS) is 12.7. The molecule has 3 aromatic carbocycles. The van der Waals surface area contributed by atoms with Crippen molar-refractivity contribution in [3.63, 3.8) is 0 Å². The largest absolute Gasteiger partial charge is 0.507 e. The summed E-state index contributed by atoms with van der Waals surface area (Å²) in [5.41, 5.74) is 4.03. The lowest BCUT2D eigenvalue weighted by molar-refractivity contribution is 0.450. The van der Waals surface area contributed by atoms with Crippen LogP contribution in [0.4, 0.5) is 0 Å². The Hall–Kier alpha value is -2.31. The lowest BCUT2D eigenvalue weighted by atomic mass is 9.86. The fraction of sp³-hybridized carbons (Fsp3) is 0.438. The predicted octanol–water partition coefficient (Wildman–Crippen LogP) is 7.70. The number of benzene rings is 3. The van der Waals surface area contributed by atoms with E-state index in [-0.39, 0.29) is 10.8 Å². The van der Waals surface area contributed by atoms with Gasteiger partial charge in [-0.05, 0) is 58.1 Å². The van der Waals surface area contributed by atoms with E-state index < -0.39 is 7.92 Å². The molecule has 2 N–H and O–H groups in total. The van der Waals surface area contributed by atoms with Crippen molar-refractivity contribution in [2.75, 3.05) is 0 Å². The first-order valence-electron chi connectivity index (χ1n) is 12.7. The van der Waals surface area contributed by atoms with Crippen LogP contribution in [0.1, 0.15) is 103 Å². The summed E-state index contributed by atoms with van der Waals surface area (Å²) < 4.78 is 0. The summed E-state index contributed by atoms with van der Waals surface area (Å²) in [5, 5.41) is 26.5. The van der Waals surface area contributed by atoms with E-state index in [1.165, 1.54) is 16.4 Å². The molecule has 0 amide bonds. The number of phenolic OH excluding ortho intramolecular Hbond substituents is 2. The molecule has 0 aliphatic rings. The predicted molar refractivity (Wildman–Crippen MR) is 154 cm³/mol. The highest BCUT2D eigenvalue weighted by Gasteiger charge is 2.32. The van der Waals surface area contributed by atoms with Gasteiger partial charge in [0.25, 0.3) is 0 Å². The van der Waals surface area contributed by atoms with Gasteiger partial charge in [0.15, 0.2) is 0 Å². The lowest BCUT2D eigenvalue weighted by Crippen LogP contribution is -2.29. The second kappa shape index (κ2) is 9.98. The highest BCUT2D eigenvalue weighted by molar-refractivity contribution is 7.80. The van der Waals surface area contributed by atoms with Crippen LogP contribution in [0.25, 0.3) is 0 Å². The molecule has 0 saturated carbocycles. The van der Waals surface area contributed by atoms with Gasteiger partial charge in [-0.15, -0.1) is 0 Å². The zero-order valence-electron chi connectivity index (χ0n) is 23.2. The molecule has 0 saturated heterocycles. The standard InChI is InChI=1S/C32H43O2P/c1-20(2)22-14-11-15-23(21(3)4)30(22)35(26-18-12-16-24(28(26)33)31(5,6)7)27-19-13-17-25(29(27)34)32(8,9)10/h11-21,33-34H,1-10H3. The van der Waals surface area contributed by atoms with E-state index in [9.17, 15) is 10.2 Å². The molecule has 2 nitrogen and oxygen atoms in total. The number of aromatic hydroxyl groups is 2. The van der Waals surface area contributed by atoms with Crippen molar-refractivity contribution in [2.24, 2.45) is 0 Å². The van der Waals surface area contributed by atoms with Crippen molar-refractivity contribution < 1.29 is 10.2 Å². The van der Waals surface area contributed by atoms with E-state index in [0.29, 0.717) is 23.3 Å². The van der Waals surface area contributed by atoms with Gasteiger partial charge in [-0.25, -0.2) is 0 Å². The zero-order chi connectivity index (χ0) is 26.3. The van der Waals surface area contributed by atoms with Crippen LogP contribution in [0, 0.1) is 0 Å². The summed E-state index contributed by atoms with van der Waals surface area (Å²) in [7, 11) is -1.22. The Morgan fingerprint density at radius 3 is 1.23 bits per heavy atom. The van der Waals surface area contributed by atoms with Gasteiger partial charge in [-0.1, -0.05) is 124 Å². The molecule has 3 heteroatoms. The third kappa shape index (κ3) is 5.44. The van der Waals surface area contributed by atoms with Crippen LogP contribution >= 0.6 is 7.92 Å². The smallest absolute Gasteiger partial charge is 0.127 e. The minimum Gasteiger partial charge on any atom is -0.507 e. The molecule has 0 aliphatic carbocycles. The minimum atomic E-state index is -1.22. The van der Waals surface area contributed by atoms with Crippen LogP contribution < -0.4 is 15.9 Å². The van der Waals surface area contributed by atoms with Gasteiger partial charge in [0.05, 0.1) is 0 Å². The van der Waals surface area contributed by atoms with Gasteiger partial charge in [0.1, 0.15) is 11.5 Å². The Morgan fingerprint density at radius 1 is 0.571 bits per heavy atom. The Kier molecular flexibility index (Phi) is 7.78. The monoisotopic (exact) mass is 490 g/mol. The van der Waals surface area contributed by atoms with Gasteiger partial charge >= 0.3 is 0 Å². The maximum Gasteiger partial charge on any atom is 0.127 e. The molecule has 3 aromatic rings. The molecule has 0 atom stereocenters. The molecular formula is C32H43O2P. The number of hydrogen-bond donors (Lipinski definition) is 2. The summed E-state index contributed by atoms with van der Waals surface area (Å²) >= 11 is 0. The second-order valence-corrected chi connectivity index (χ2v) is 14.4. The van der Waals surface area contributed by atoms with E-state index in [1.807, 2.05) is 12.1 Å². The number of rotatable bonds is 5. The number of phenols is 2. The van der Waals surface area contributed by atoms with E-state index in [4.69, 9.17) is 0 Å². The molecule has 0 heterocycles. The molecular weight excluding hydrogens is 447 g/mol. The minimum absolute atomic E-state index is 0.200. The van der Waals surface area contributed by atoms with Gasteiger partial charge in [-0.2, -0.15) is 0 Å². The highest BCUT2D eigenvalue weighted by atomic mass is 31.1. The van der Waals surface area contributed by atoms with Crippen molar-refractivity contribution in [3.05, 3.63) is 76.9 Å². The Balaban J connectivity index is 2.51. The first kappa shape index (κ1) is 27.3. The average molecular weight is 491 g/mol. The van der Waals surface area contributed by atoms with Gasteiger partial charge in [0.2, 0.25) is 0 Å². The van der Waals surface area contributed by atoms with Gasteiger partial charge in [0, 0.05) is 10.6 Å². The zero-order valence-corrected chi connectivity index (χ0v) is 24.1. The quantitative estimate of drug-likeness (QED) is 0.360. The number of hydrogen-bond acceptors (Lipinski definition) is 2. The Morgan fingerprint density at radius 2 is 0.914 bits per heavy atom. The first-order valence-corrected chi connectivity index (χ1v) is 14.1. The lowest BCUT2D eigenvalue weighted by Gasteiger charge is -2.32. The van der Waals surface area contributed by atoms with Crippen molar-refractivity contribution in [2.45, 2.75) is 91.9 Å². The van der Waals surface area contributed by atoms with E-state index >= 15 is 0 Å². The summed E-state index contributed by atoms with van der Waals surface area (Å²) in [4.78, 5) is 0. The van der Waals surface area contributed by atoms with Gasteiger partial charge in [-0.3, -0.25) is 0 Å². The van der Waals surface area contributed by atoms with Crippen LogP contribution in [0.15, 0.2) is 54.6 Å². The molecule has 0 spiro atoms. The van der Waals surface area contributed by atoms with Crippen molar-refractivity contribution in [1.82, 2.24) is 0 Å². The van der Waals surface area contributed by atoms with Crippen LogP contribution in [0.3, 0.4) is 0 Å². The number of para-hydroxylation sites is 2. The average Bonchev–Trinajstić information content (AvgIpc) is 2.74. The maximum atomic E-state index is 11.7. The first-order chi connectivity index (χ1) is 16.2. The summed E-state index contributed by atoms with van der Waals surface area (Å²) in [6.07, 6.45) is 0. The summed E-state index contributed by atoms with van der Waals surface area (Å²) in [6, 6.07) is 18.9. The Bertz CT molecular complexity index is 1100. The topological polar surface area (TPSA) is 40.5 Å². The molecule has 0 fully saturated rings. The van der Waals surface area contributed by atoms with E-state index in [0.717, 1.165) is 21.7 Å². The molecule has 0 bridgehead atoms. The van der Waals surface area contributed by atoms with E-state index in [2.05, 4.69) is 112 Å². The third-order valence-electron chi connectivity index (χ3n) is 6.69. The molecule has 3 rings (SSSR count). The second-order valence-electron chi connectivity index (χ2n) is 12.3. The molecule has 0 aromatic heterocycles. The SMILES string of the molecule is CC(C)c1cccc(C(C)C)c1P(c1cccc(C(C)(C)C)c1O)c1cccc(C(C)(C)C)c1O. The fourth-order valence-corrected chi connectivity index (χ4v) is 7.83. The fourth-order valence-electron chi connectivity index (χ4n) is 4.77. The third-order valence-corrected chi connectivity index (χ3v) is 9.34. The molecule has 188 valence electrons. The van der Waals surface area contributed by atoms with Crippen LogP contribution in [-0.4, -0.2) is 10.2 Å². The highest BCUT2D eigenvalue weighted by Crippen LogP contribution is 2.46. The summed E-state index contributed by atoms with van der Waals surface area (Å²) in [6.45, 7) is 21.7. The summed E-state index contributed by atoms with van der Waals surface area (Å²) in [5.74, 6) is 1.32. The van der Waals surface area contributed by atoms with Crippen molar-refractivity contribution in [1.29, 1.82) is 0 Å². The van der Waals surface area contributed by atoms with Crippen LogP contribution in [-0.2, 0) is 10.8 Å². The van der Waals surface area contributed by atoms with Gasteiger partial charge < -0.3 is 10.2 Å². The molecule has 35 heavy (non-hydrogen) atoms. The molecule has 0 unspecified atom stereocenters. The van der Waals surface area contributed by atoms with Crippen molar-refractivity contribution >= 4 is 23.8 Å². The van der Waals surface area contributed by atoms with Crippen molar-refractivity contribution in [3.8, 4) is 11.5 Å². The Labute approximate surface area is 214 Å². The van der Waals surface area contributed by atoms with Crippen LogP contribution in [0.2, 0.25) is 0 Å².